The lowest BCUT2D eigenvalue weighted by atomic mass is 9.87. The van der Waals surface area contributed by atoms with E-state index in [0.717, 1.165) is 52.2 Å². The second kappa shape index (κ2) is 15.7. The van der Waals surface area contributed by atoms with Crippen molar-refractivity contribution in [2.24, 2.45) is 18.7 Å². The number of imide groups is 1. The van der Waals surface area contributed by atoms with Crippen LogP contribution in [0, 0.1) is 5.92 Å². The Labute approximate surface area is 360 Å². The number of aromatic nitrogens is 6. The van der Waals surface area contributed by atoms with Gasteiger partial charge in [0.25, 0.3) is 11.8 Å². The molecule has 18 heteroatoms. The molecule has 0 saturated carbocycles. The van der Waals surface area contributed by atoms with Crippen LogP contribution in [0.2, 0.25) is 0 Å². The lowest BCUT2D eigenvalue weighted by Crippen LogP contribution is -2.64. The van der Waals surface area contributed by atoms with E-state index in [2.05, 4.69) is 38.7 Å². The number of pyridine rings is 1. The van der Waals surface area contributed by atoms with Gasteiger partial charge in [-0.1, -0.05) is 24.3 Å². The number of primary amides is 1. The van der Waals surface area contributed by atoms with E-state index >= 15 is 8.78 Å². The Kier molecular flexibility index (Phi) is 10.1. The number of benzene rings is 2. The number of hydrogen-bond donors (Lipinski definition) is 3. The van der Waals surface area contributed by atoms with Crippen LogP contribution in [-0.2, 0) is 35.9 Å². The van der Waals surface area contributed by atoms with Gasteiger partial charge in [0.2, 0.25) is 11.8 Å². The maximum atomic E-state index is 15.7. The first-order valence-corrected chi connectivity index (χ1v) is 21.5. The fourth-order valence-electron chi connectivity index (χ4n) is 10.1. The van der Waals surface area contributed by atoms with Crippen molar-refractivity contribution in [2.45, 2.75) is 56.5 Å². The van der Waals surface area contributed by atoms with Crippen molar-refractivity contribution in [3.8, 4) is 11.3 Å². The largest absolute Gasteiger partial charge is 0.385 e. The van der Waals surface area contributed by atoms with Gasteiger partial charge >= 0.3 is 5.69 Å². The highest BCUT2D eigenvalue weighted by Gasteiger charge is 2.50. The smallest absolute Gasteiger partial charge is 0.329 e. The number of anilines is 3. The molecule has 0 spiro atoms. The van der Waals surface area contributed by atoms with Crippen LogP contribution in [-0.4, -0.2) is 115 Å². The van der Waals surface area contributed by atoms with Gasteiger partial charge in [-0.15, -0.1) is 5.10 Å². The van der Waals surface area contributed by atoms with Gasteiger partial charge in [-0.3, -0.25) is 43.6 Å². The van der Waals surface area contributed by atoms with E-state index < -0.39 is 29.8 Å². The quantitative estimate of drug-likeness (QED) is 0.162. The number of carbonyl (C=O) groups excluding carboxylic acids is 3. The van der Waals surface area contributed by atoms with Crippen LogP contribution in [0.3, 0.4) is 0 Å². The van der Waals surface area contributed by atoms with Gasteiger partial charge in [-0.25, -0.2) is 23.1 Å². The topological polar surface area (TPSA) is 181 Å². The fourth-order valence-corrected chi connectivity index (χ4v) is 10.1. The van der Waals surface area contributed by atoms with Crippen molar-refractivity contribution in [2.75, 3.05) is 56.5 Å². The molecular formula is C45H48F2N12O4. The summed E-state index contributed by atoms with van der Waals surface area (Å²) in [5.41, 5.74) is 14.0. The number of carbonyl (C=O) groups is 3. The molecule has 3 fully saturated rings. The summed E-state index contributed by atoms with van der Waals surface area (Å²) in [5.74, 6) is -3.36. The molecule has 4 N–H and O–H groups in total. The Hall–Kier alpha value is -6.53. The lowest BCUT2D eigenvalue weighted by molar-refractivity contribution is -0.148. The Morgan fingerprint density at radius 1 is 0.968 bits per heavy atom. The molecule has 2 unspecified atom stereocenters. The molecule has 16 nitrogen and oxygen atoms in total. The van der Waals surface area contributed by atoms with E-state index in [9.17, 15) is 19.2 Å². The SMILES string of the molecule is CNc1cc(N2CCc3c(-c4ccc(CC5CN(C6CCN(CCc7ccc8c(c7)n(C)c(=O)n8C7CCC(=O)NC7=O)CC6(F)F)C5)cn4)cccc32)nn2c(C(N)=O)cnc12. The van der Waals surface area contributed by atoms with E-state index in [0.29, 0.717) is 68.1 Å². The minimum Gasteiger partial charge on any atom is -0.385 e. The van der Waals surface area contributed by atoms with E-state index in [1.807, 2.05) is 46.3 Å². The molecule has 3 amide bonds. The predicted molar refractivity (Wildman–Crippen MR) is 232 cm³/mol. The van der Waals surface area contributed by atoms with Gasteiger partial charge < -0.3 is 16.0 Å². The third-order valence-corrected chi connectivity index (χ3v) is 13.4. The summed E-state index contributed by atoms with van der Waals surface area (Å²) in [7, 11) is 3.44. The average Bonchev–Trinajstić information content (AvgIpc) is 3.96. The van der Waals surface area contributed by atoms with Crippen molar-refractivity contribution in [1.82, 2.24) is 43.8 Å². The fraction of sp³-hybridized carbons (Fsp3) is 0.400. The lowest BCUT2D eigenvalue weighted by Gasteiger charge is -2.50. The van der Waals surface area contributed by atoms with Crippen LogP contribution in [0.25, 0.3) is 27.9 Å². The van der Waals surface area contributed by atoms with Crippen molar-refractivity contribution in [1.29, 1.82) is 0 Å². The monoisotopic (exact) mass is 858 g/mol. The van der Waals surface area contributed by atoms with Gasteiger partial charge in [0.05, 0.1) is 41.2 Å². The summed E-state index contributed by atoms with van der Waals surface area (Å²) in [4.78, 5) is 64.6. The molecule has 10 rings (SSSR count). The van der Waals surface area contributed by atoms with Crippen LogP contribution >= 0.6 is 0 Å². The van der Waals surface area contributed by atoms with Crippen molar-refractivity contribution < 1.29 is 23.2 Å². The van der Waals surface area contributed by atoms with Gasteiger partial charge in [0.1, 0.15) is 11.7 Å². The van der Waals surface area contributed by atoms with Crippen LogP contribution in [0.5, 0.6) is 0 Å². The van der Waals surface area contributed by atoms with Crippen molar-refractivity contribution in [3.05, 3.63) is 99.9 Å². The summed E-state index contributed by atoms with van der Waals surface area (Å²) < 4.78 is 35.9. The first kappa shape index (κ1) is 40.5. The normalized spacial score (nSPS) is 20.6. The summed E-state index contributed by atoms with van der Waals surface area (Å²) in [6.07, 6.45) is 6.23. The number of aryl methyl sites for hydroxylation is 1. The molecule has 4 aliphatic heterocycles. The Bertz CT molecular complexity index is 2870. The highest BCUT2D eigenvalue weighted by Crippen LogP contribution is 2.41. The molecule has 0 aliphatic carbocycles. The molecule has 8 heterocycles. The Balaban J connectivity index is 0.738. The number of halogens is 2. The number of nitrogens with two attached hydrogens (primary N) is 1. The van der Waals surface area contributed by atoms with Gasteiger partial charge in [-0.05, 0) is 79.0 Å². The van der Waals surface area contributed by atoms with Gasteiger partial charge in [0.15, 0.2) is 11.5 Å². The van der Waals surface area contributed by atoms with E-state index in [1.54, 1.807) is 20.2 Å². The standard InChI is InChI=1S/C45H48F2N12O4/c1-49-32-20-39(53-59-37(41(48)61)22-51-42(32)59)57-17-13-30-29(4-3-5-33(30)57)31-8-6-27(21-50-31)18-28-23-56(24-28)38-14-16-55(25-45(38,46)47)15-12-26-7-9-34-36(19-26)54(2)44(63)58(34)35-10-11-40(60)52-43(35)62/h3-9,19-22,28,35,38,49H,10-18,23-25H2,1-2H3,(H2,48,61)(H,52,60,62). The third-order valence-electron chi connectivity index (χ3n) is 13.4. The van der Waals surface area contributed by atoms with Gasteiger partial charge in [0, 0.05) is 76.8 Å². The van der Waals surface area contributed by atoms with E-state index in [-0.39, 0.29) is 42.6 Å². The Morgan fingerprint density at radius 3 is 2.54 bits per heavy atom. The maximum absolute atomic E-state index is 15.7. The summed E-state index contributed by atoms with van der Waals surface area (Å²) in [6.45, 7) is 2.66. The zero-order valence-corrected chi connectivity index (χ0v) is 35.1. The second-order valence-electron chi connectivity index (χ2n) is 17.3. The Morgan fingerprint density at radius 2 is 1.79 bits per heavy atom. The summed E-state index contributed by atoms with van der Waals surface area (Å²) >= 11 is 0. The molecule has 0 bridgehead atoms. The third kappa shape index (κ3) is 7.19. The molecule has 63 heavy (non-hydrogen) atoms. The number of piperidine rings is 2. The van der Waals surface area contributed by atoms with Gasteiger partial charge in [-0.2, -0.15) is 0 Å². The number of hydrogen-bond acceptors (Lipinski definition) is 11. The average molecular weight is 859 g/mol. The number of nitrogens with zero attached hydrogens (tertiary/aromatic N) is 9. The second-order valence-corrected chi connectivity index (χ2v) is 17.3. The number of rotatable bonds is 11. The highest BCUT2D eigenvalue weighted by atomic mass is 19.3. The maximum Gasteiger partial charge on any atom is 0.329 e. The minimum atomic E-state index is -2.85. The van der Waals surface area contributed by atoms with Crippen LogP contribution < -0.4 is 27.0 Å². The molecule has 326 valence electrons. The van der Waals surface area contributed by atoms with Crippen molar-refractivity contribution in [3.63, 3.8) is 0 Å². The minimum absolute atomic E-state index is 0.164. The summed E-state index contributed by atoms with van der Waals surface area (Å²) in [5, 5.41) is 10.2. The highest BCUT2D eigenvalue weighted by molar-refractivity contribution is 6.00. The predicted octanol–water partition coefficient (Wildman–Crippen LogP) is 3.68. The number of alkyl halides is 2. The zero-order chi connectivity index (χ0) is 43.7. The molecule has 3 saturated heterocycles. The number of fused-ring (bicyclic) bond motifs is 3. The van der Waals surface area contributed by atoms with Crippen LogP contribution in [0.15, 0.2) is 71.8 Å². The van der Waals surface area contributed by atoms with Crippen LogP contribution in [0.4, 0.5) is 26.0 Å². The molecule has 4 aromatic heterocycles. The molecule has 2 aromatic carbocycles. The number of imidazole rings is 2. The molecule has 4 aliphatic rings. The zero-order valence-electron chi connectivity index (χ0n) is 35.1. The van der Waals surface area contributed by atoms with Crippen LogP contribution in [0.1, 0.15) is 52.5 Å². The molecule has 6 aromatic rings. The first-order chi connectivity index (χ1) is 30.4. The number of amides is 3. The molecular weight excluding hydrogens is 811 g/mol. The van der Waals surface area contributed by atoms with E-state index in [1.165, 1.54) is 19.8 Å². The van der Waals surface area contributed by atoms with Crippen molar-refractivity contribution >= 4 is 51.6 Å². The number of likely N-dealkylation sites (tertiary alicyclic amines) is 2. The summed E-state index contributed by atoms with van der Waals surface area (Å²) in [6, 6.07) is 16.2. The number of nitrogens with one attached hydrogen (secondary N) is 2. The first-order valence-electron chi connectivity index (χ1n) is 21.5. The van der Waals surface area contributed by atoms with E-state index in [4.69, 9.17) is 15.8 Å². The molecule has 0 radical (unpaired) electrons. The molecule has 2 atom stereocenters.